The van der Waals surface area contributed by atoms with Crippen molar-refractivity contribution in [3.05, 3.63) is 112 Å². The van der Waals surface area contributed by atoms with Gasteiger partial charge in [0.25, 0.3) is 0 Å². The van der Waals surface area contributed by atoms with Crippen molar-refractivity contribution in [3.63, 3.8) is 0 Å². The number of carbonyl (C=O) groups excluding carboxylic acids is 3. The Labute approximate surface area is 190 Å². The number of carbonyl (C=O) groups is 3. The number of ketones is 3. The number of benzene rings is 3. The highest BCUT2D eigenvalue weighted by molar-refractivity contribution is 8.19. The van der Waals surface area contributed by atoms with Crippen LogP contribution >= 0.6 is 11.8 Å². The minimum atomic E-state index is -0.402. The summed E-state index contributed by atoms with van der Waals surface area (Å²) in [6.07, 6.45) is 0. The van der Waals surface area contributed by atoms with Crippen LogP contribution in [0.25, 0.3) is 0 Å². The predicted octanol–water partition coefficient (Wildman–Crippen LogP) is 5.43. The zero-order valence-corrected chi connectivity index (χ0v) is 18.4. The maximum Gasteiger partial charge on any atom is 0.220 e. The second kappa shape index (κ2) is 9.16. The van der Waals surface area contributed by atoms with Crippen LogP contribution in [0.3, 0.4) is 0 Å². The van der Waals surface area contributed by atoms with Gasteiger partial charge in [0.15, 0.2) is 16.6 Å². The van der Waals surface area contributed by atoms with E-state index in [1.165, 1.54) is 11.9 Å². The van der Waals surface area contributed by atoms with Gasteiger partial charge in [-0.1, -0.05) is 78.4 Å². The van der Waals surface area contributed by atoms with Crippen molar-refractivity contribution in [3.8, 4) is 0 Å². The first-order valence-electron chi connectivity index (χ1n) is 10.0. The van der Waals surface area contributed by atoms with E-state index in [0.29, 0.717) is 21.8 Å². The molecule has 0 saturated heterocycles. The van der Waals surface area contributed by atoms with Gasteiger partial charge < -0.3 is 0 Å². The quantitative estimate of drug-likeness (QED) is 0.221. The summed E-state index contributed by atoms with van der Waals surface area (Å²) >= 11 is 1.04. The van der Waals surface area contributed by atoms with Crippen LogP contribution in [0.4, 0.5) is 5.69 Å². The standard InChI is InChI=1S/C26H20N2O3S/c1-17-13-15-21(16-14-17)28-26(22(18(2)29)23(30)19-9-5-3-6-10-19)32-25(27-28)24(31)20-11-7-4-8-12-20/h3-16H,1-2H3/b26-22-. The average Bonchev–Trinajstić information content (AvgIpc) is 3.24. The Morgan fingerprint density at radius 1 is 0.781 bits per heavy atom. The molecule has 5 nitrogen and oxygen atoms in total. The normalized spacial score (nSPS) is 14.7. The zero-order valence-electron chi connectivity index (χ0n) is 17.6. The first-order chi connectivity index (χ1) is 15.5. The fraction of sp³-hybridized carbons (Fsp3) is 0.0769. The van der Waals surface area contributed by atoms with Gasteiger partial charge >= 0.3 is 0 Å². The summed E-state index contributed by atoms with van der Waals surface area (Å²) in [5, 5.41) is 6.57. The minimum Gasteiger partial charge on any atom is -0.294 e. The van der Waals surface area contributed by atoms with Gasteiger partial charge in [-0.3, -0.25) is 14.4 Å². The van der Waals surface area contributed by atoms with E-state index < -0.39 is 5.78 Å². The lowest BCUT2D eigenvalue weighted by Crippen LogP contribution is -2.19. The van der Waals surface area contributed by atoms with Crippen LogP contribution in [0.15, 0.2) is 101 Å². The van der Waals surface area contributed by atoms with Gasteiger partial charge in [0, 0.05) is 11.1 Å². The molecule has 4 rings (SSSR count). The summed E-state index contributed by atoms with van der Waals surface area (Å²) in [6.45, 7) is 3.32. The van der Waals surface area contributed by atoms with E-state index in [0.717, 1.165) is 17.3 Å². The minimum absolute atomic E-state index is 0.00128. The largest absolute Gasteiger partial charge is 0.294 e. The third-order valence-electron chi connectivity index (χ3n) is 4.91. The first kappa shape index (κ1) is 21.5. The number of rotatable bonds is 6. The Morgan fingerprint density at radius 2 is 1.34 bits per heavy atom. The molecule has 0 spiro atoms. The summed E-state index contributed by atoms with van der Waals surface area (Å²) in [6, 6.07) is 25.0. The molecule has 0 N–H and O–H groups in total. The Morgan fingerprint density at radius 3 is 1.91 bits per heavy atom. The topological polar surface area (TPSA) is 66.8 Å². The smallest absolute Gasteiger partial charge is 0.220 e. The maximum atomic E-state index is 13.3. The Kier molecular flexibility index (Phi) is 6.14. The van der Waals surface area contributed by atoms with E-state index in [2.05, 4.69) is 5.10 Å². The van der Waals surface area contributed by atoms with Crippen LogP contribution in [0.2, 0.25) is 0 Å². The molecule has 1 aliphatic rings. The Bertz CT molecular complexity index is 1250. The lowest BCUT2D eigenvalue weighted by molar-refractivity contribution is -0.113. The van der Waals surface area contributed by atoms with E-state index in [9.17, 15) is 14.4 Å². The van der Waals surface area contributed by atoms with Crippen molar-refractivity contribution in [2.24, 2.45) is 5.10 Å². The summed E-state index contributed by atoms with van der Waals surface area (Å²) < 4.78 is 0. The Balaban J connectivity index is 1.84. The maximum absolute atomic E-state index is 13.3. The van der Waals surface area contributed by atoms with Crippen LogP contribution in [-0.4, -0.2) is 22.4 Å². The van der Waals surface area contributed by atoms with Crippen molar-refractivity contribution in [1.82, 2.24) is 0 Å². The summed E-state index contributed by atoms with van der Waals surface area (Å²) in [5.41, 5.74) is 2.61. The van der Waals surface area contributed by atoms with Crippen molar-refractivity contribution in [1.29, 1.82) is 0 Å². The fourth-order valence-electron chi connectivity index (χ4n) is 3.26. The number of hydrazone groups is 1. The lowest BCUT2D eigenvalue weighted by atomic mass is 10.0. The number of thioether (sulfide) groups is 1. The molecule has 0 fully saturated rings. The molecule has 0 unspecified atom stereocenters. The lowest BCUT2D eigenvalue weighted by Gasteiger charge is -2.18. The molecule has 158 valence electrons. The number of hydrogen-bond donors (Lipinski definition) is 0. The number of aryl methyl sites for hydroxylation is 1. The molecule has 32 heavy (non-hydrogen) atoms. The highest BCUT2D eigenvalue weighted by Gasteiger charge is 2.34. The molecule has 3 aromatic rings. The van der Waals surface area contributed by atoms with E-state index in [1.807, 2.05) is 37.3 Å². The molecule has 3 aromatic carbocycles. The SMILES string of the molecule is CC(=O)/C(C(=O)c1ccccc1)=C1/SC(C(=O)c2ccccc2)=NN1c1ccc(C)cc1. The van der Waals surface area contributed by atoms with Gasteiger partial charge in [0.1, 0.15) is 5.03 Å². The first-order valence-corrected chi connectivity index (χ1v) is 10.9. The van der Waals surface area contributed by atoms with E-state index in [-0.39, 0.29) is 22.2 Å². The molecule has 0 saturated carbocycles. The van der Waals surface area contributed by atoms with Gasteiger partial charge in [-0.05, 0) is 37.7 Å². The number of nitrogens with zero attached hydrogens (tertiary/aromatic N) is 2. The van der Waals surface area contributed by atoms with Crippen LogP contribution in [-0.2, 0) is 4.79 Å². The number of Topliss-reactive ketones (excluding diaryl/α,β-unsaturated/α-hetero) is 3. The molecule has 0 atom stereocenters. The number of anilines is 1. The highest BCUT2D eigenvalue weighted by atomic mass is 32.2. The van der Waals surface area contributed by atoms with Crippen molar-refractivity contribution < 1.29 is 14.4 Å². The molecule has 6 heteroatoms. The van der Waals surface area contributed by atoms with Crippen LogP contribution < -0.4 is 5.01 Å². The summed E-state index contributed by atoms with van der Waals surface area (Å²) in [4.78, 5) is 39.1. The number of hydrogen-bond acceptors (Lipinski definition) is 6. The fourth-order valence-corrected chi connectivity index (χ4v) is 4.34. The van der Waals surface area contributed by atoms with Gasteiger partial charge in [-0.2, -0.15) is 5.10 Å². The van der Waals surface area contributed by atoms with E-state index in [1.54, 1.807) is 54.6 Å². The molecule has 0 aliphatic carbocycles. The molecule has 1 aliphatic heterocycles. The van der Waals surface area contributed by atoms with E-state index >= 15 is 0 Å². The third kappa shape index (κ3) is 4.31. The second-order valence-corrected chi connectivity index (χ2v) is 8.26. The van der Waals surface area contributed by atoms with Crippen molar-refractivity contribution in [2.75, 3.05) is 5.01 Å². The molecule has 0 amide bonds. The van der Waals surface area contributed by atoms with Crippen LogP contribution in [0, 0.1) is 6.92 Å². The van der Waals surface area contributed by atoms with Crippen molar-refractivity contribution in [2.45, 2.75) is 13.8 Å². The van der Waals surface area contributed by atoms with Gasteiger partial charge in [-0.15, -0.1) is 0 Å². The molecule has 0 aromatic heterocycles. The van der Waals surface area contributed by atoms with Crippen molar-refractivity contribution >= 4 is 39.8 Å². The molecular formula is C26H20N2O3S. The highest BCUT2D eigenvalue weighted by Crippen LogP contribution is 2.38. The predicted molar refractivity (Wildman–Crippen MR) is 128 cm³/mol. The molecule has 1 heterocycles. The van der Waals surface area contributed by atoms with Gasteiger partial charge in [-0.25, -0.2) is 5.01 Å². The van der Waals surface area contributed by atoms with Gasteiger partial charge in [0.05, 0.1) is 11.3 Å². The summed E-state index contributed by atoms with van der Waals surface area (Å²) in [5.74, 6) is -1.05. The van der Waals surface area contributed by atoms with E-state index in [4.69, 9.17) is 0 Å². The van der Waals surface area contributed by atoms with Crippen LogP contribution in [0.1, 0.15) is 33.2 Å². The van der Waals surface area contributed by atoms with Gasteiger partial charge in [0.2, 0.25) is 5.78 Å². The zero-order chi connectivity index (χ0) is 22.7. The van der Waals surface area contributed by atoms with Crippen LogP contribution in [0.5, 0.6) is 0 Å². The Hall–Kier alpha value is -3.77. The second-order valence-electron chi connectivity index (χ2n) is 7.28. The summed E-state index contributed by atoms with van der Waals surface area (Å²) in [7, 11) is 0. The molecular weight excluding hydrogens is 420 g/mol. The monoisotopic (exact) mass is 440 g/mol. The number of allylic oxidation sites excluding steroid dienone is 1. The third-order valence-corrected chi connectivity index (χ3v) is 5.95. The average molecular weight is 441 g/mol. The molecule has 0 radical (unpaired) electrons. The molecule has 0 bridgehead atoms.